The van der Waals surface area contributed by atoms with Crippen LogP contribution in [-0.4, -0.2) is 0 Å². The van der Waals surface area contributed by atoms with Crippen LogP contribution in [0.2, 0.25) is 0 Å². The van der Waals surface area contributed by atoms with Crippen molar-refractivity contribution >= 4 is 0 Å². The zero-order valence-electron chi connectivity index (χ0n) is 7.96. The highest BCUT2D eigenvalue weighted by atomic mass is 16.6. The fraction of sp³-hybridized carbons (Fsp3) is 0.800. The second-order valence-corrected chi connectivity index (χ2v) is 3.03. The largest absolute Gasteiger partial charge is 0.376 e. The van der Waals surface area contributed by atoms with Crippen LogP contribution in [0.5, 0.6) is 0 Å². The normalized spacial score (nSPS) is 10.8. The molecule has 0 saturated carbocycles. The van der Waals surface area contributed by atoms with Crippen LogP contribution in [0.3, 0.4) is 0 Å². The van der Waals surface area contributed by atoms with Crippen molar-refractivity contribution in [2.75, 3.05) is 0 Å². The van der Waals surface area contributed by atoms with Crippen LogP contribution in [0, 0.1) is 0 Å². The smallest absolute Gasteiger partial charge is 0.111 e. The maximum Gasteiger partial charge on any atom is 0.111 e. The van der Waals surface area contributed by atoms with E-state index in [9.17, 15) is 0 Å². The third-order valence-electron chi connectivity index (χ3n) is 1.88. The van der Waals surface area contributed by atoms with E-state index in [2.05, 4.69) is 11.8 Å². The van der Waals surface area contributed by atoms with E-state index >= 15 is 0 Å². The molecule has 0 saturated heterocycles. The standard InChI is InChI=1S/C10H19NO/c1-2-3-4-5-6-7-8-9-10-12-11/h9-10H,2-8H2,1H3. The lowest BCUT2D eigenvalue weighted by molar-refractivity contribution is 0.235. The zero-order chi connectivity index (χ0) is 9.07. The van der Waals surface area contributed by atoms with E-state index in [0.717, 1.165) is 6.42 Å². The lowest BCUT2D eigenvalue weighted by Gasteiger charge is -1.96. The number of nitrogens with zero attached hydrogens (tertiary/aromatic N) is 1. The SMILES string of the molecule is CCCCCCCCC=CO[N]. The van der Waals surface area contributed by atoms with Crippen LogP contribution < -0.4 is 5.90 Å². The molecule has 70 valence electrons. The molecule has 0 unspecified atom stereocenters. The van der Waals surface area contributed by atoms with Gasteiger partial charge in [0.15, 0.2) is 0 Å². The van der Waals surface area contributed by atoms with E-state index in [1.165, 1.54) is 44.8 Å². The third-order valence-corrected chi connectivity index (χ3v) is 1.88. The summed E-state index contributed by atoms with van der Waals surface area (Å²) in [6.07, 6.45) is 12.0. The van der Waals surface area contributed by atoms with Gasteiger partial charge in [-0.1, -0.05) is 39.0 Å². The van der Waals surface area contributed by atoms with Crippen molar-refractivity contribution < 1.29 is 4.84 Å². The second-order valence-electron chi connectivity index (χ2n) is 3.03. The Bertz CT molecular complexity index is 102. The van der Waals surface area contributed by atoms with Gasteiger partial charge in [0.1, 0.15) is 12.2 Å². The first-order valence-corrected chi connectivity index (χ1v) is 4.87. The van der Waals surface area contributed by atoms with E-state index in [-0.39, 0.29) is 0 Å². The van der Waals surface area contributed by atoms with Gasteiger partial charge in [-0.15, -0.1) is 0 Å². The molecule has 0 amide bonds. The predicted molar refractivity (Wildman–Crippen MR) is 50.4 cm³/mol. The molecule has 0 aromatic heterocycles. The lowest BCUT2D eigenvalue weighted by atomic mass is 10.1. The molecule has 2 heteroatoms. The topological polar surface area (TPSA) is 31.5 Å². The molecular weight excluding hydrogens is 150 g/mol. The Hall–Kier alpha value is -0.500. The number of hydrogen-bond donors (Lipinski definition) is 0. The summed E-state index contributed by atoms with van der Waals surface area (Å²) in [5.41, 5.74) is 0. The molecule has 12 heavy (non-hydrogen) atoms. The van der Waals surface area contributed by atoms with E-state index < -0.39 is 0 Å². The molecule has 0 spiro atoms. The highest BCUT2D eigenvalue weighted by molar-refractivity contribution is 4.71. The molecule has 0 aromatic rings. The van der Waals surface area contributed by atoms with Crippen molar-refractivity contribution in [2.24, 2.45) is 0 Å². The summed E-state index contributed by atoms with van der Waals surface area (Å²) in [6, 6.07) is 0. The van der Waals surface area contributed by atoms with Gasteiger partial charge in [-0.2, -0.15) is 0 Å². The van der Waals surface area contributed by atoms with Crippen LogP contribution in [-0.2, 0) is 4.84 Å². The first-order chi connectivity index (χ1) is 5.91. The monoisotopic (exact) mass is 169 g/mol. The third kappa shape index (κ3) is 9.50. The molecule has 0 heterocycles. The summed E-state index contributed by atoms with van der Waals surface area (Å²) in [6.45, 7) is 2.22. The van der Waals surface area contributed by atoms with E-state index in [4.69, 9.17) is 5.90 Å². The van der Waals surface area contributed by atoms with Crippen LogP contribution in [0.4, 0.5) is 0 Å². The maximum absolute atomic E-state index is 7.95. The van der Waals surface area contributed by atoms with Crippen molar-refractivity contribution in [1.29, 1.82) is 0 Å². The van der Waals surface area contributed by atoms with Gasteiger partial charge in [0.05, 0.1) is 0 Å². The first-order valence-electron chi connectivity index (χ1n) is 4.87. The van der Waals surface area contributed by atoms with Crippen molar-refractivity contribution in [1.82, 2.24) is 5.90 Å². The van der Waals surface area contributed by atoms with E-state index in [0.29, 0.717) is 0 Å². The molecule has 0 atom stereocenters. The second kappa shape index (κ2) is 10.5. The minimum absolute atomic E-state index is 1.01. The average Bonchev–Trinajstić information content (AvgIpc) is 2.10. The zero-order valence-corrected chi connectivity index (χ0v) is 7.96. The molecule has 2 radical (unpaired) electrons. The van der Waals surface area contributed by atoms with Gasteiger partial charge in [-0.3, -0.25) is 0 Å². The van der Waals surface area contributed by atoms with E-state index in [1.807, 2.05) is 6.08 Å². The van der Waals surface area contributed by atoms with Gasteiger partial charge in [-0.05, 0) is 18.9 Å². The van der Waals surface area contributed by atoms with Crippen molar-refractivity contribution in [3.8, 4) is 0 Å². The molecule has 0 aliphatic carbocycles. The Kier molecular flexibility index (Phi) is 10.1. The molecule has 0 bridgehead atoms. The average molecular weight is 169 g/mol. The highest BCUT2D eigenvalue weighted by Gasteiger charge is 1.87. The molecule has 0 aliphatic rings. The molecule has 0 aliphatic heterocycles. The molecule has 0 N–H and O–H groups in total. The summed E-state index contributed by atoms with van der Waals surface area (Å²) in [5.74, 6) is 7.95. The minimum Gasteiger partial charge on any atom is -0.376 e. The quantitative estimate of drug-likeness (QED) is 0.312. The first kappa shape index (κ1) is 11.5. The van der Waals surface area contributed by atoms with Crippen LogP contribution in [0.1, 0.15) is 51.9 Å². The summed E-state index contributed by atoms with van der Waals surface area (Å²) in [4.78, 5) is 3.81. The number of allylic oxidation sites excluding steroid dienone is 1. The van der Waals surface area contributed by atoms with Crippen molar-refractivity contribution in [3.63, 3.8) is 0 Å². The molecule has 2 nitrogen and oxygen atoms in total. The number of hydrogen-bond acceptors (Lipinski definition) is 1. The molecular formula is C10H19NO. The molecule has 0 fully saturated rings. The van der Waals surface area contributed by atoms with E-state index in [1.54, 1.807) is 0 Å². The molecule has 0 aromatic carbocycles. The van der Waals surface area contributed by atoms with Crippen LogP contribution in [0.15, 0.2) is 12.3 Å². The van der Waals surface area contributed by atoms with Crippen LogP contribution in [0.25, 0.3) is 0 Å². The minimum atomic E-state index is 1.01. The summed E-state index contributed by atoms with van der Waals surface area (Å²) >= 11 is 0. The Morgan fingerprint density at radius 2 is 1.75 bits per heavy atom. The van der Waals surface area contributed by atoms with Crippen LogP contribution >= 0.6 is 0 Å². The molecule has 0 rings (SSSR count). The maximum atomic E-state index is 7.95. The fourth-order valence-corrected chi connectivity index (χ4v) is 1.15. The van der Waals surface area contributed by atoms with Gasteiger partial charge in [0.2, 0.25) is 0 Å². The fourth-order valence-electron chi connectivity index (χ4n) is 1.15. The van der Waals surface area contributed by atoms with Gasteiger partial charge >= 0.3 is 0 Å². The highest BCUT2D eigenvalue weighted by Crippen LogP contribution is 2.06. The number of unbranched alkanes of at least 4 members (excludes halogenated alkanes) is 6. The van der Waals surface area contributed by atoms with Gasteiger partial charge < -0.3 is 4.84 Å². The number of rotatable bonds is 8. The lowest BCUT2D eigenvalue weighted by Crippen LogP contribution is -1.78. The van der Waals surface area contributed by atoms with Gasteiger partial charge in [0, 0.05) is 0 Å². The van der Waals surface area contributed by atoms with Gasteiger partial charge in [-0.25, -0.2) is 0 Å². The Morgan fingerprint density at radius 1 is 1.08 bits per heavy atom. The van der Waals surface area contributed by atoms with Gasteiger partial charge in [0.25, 0.3) is 0 Å². The summed E-state index contributed by atoms with van der Waals surface area (Å²) < 4.78 is 0. The summed E-state index contributed by atoms with van der Waals surface area (Å²) in [7, 11) is 0. The van der Waals surface area contributed by atoms with Crippen molar-refractivity contribution in [3.05, 3.63) is 12.3 Å². The Labute approximate surface area is 75.7 Å². The summed E-state index contributed by atoms with van der Waals surface area (Å²) in [5, 5.41) is 0. The predicted octanol–water partition coefficient (Wildman–Crippen LogP) is 3.25. The Morgan fingerprint density at radius 3 is 2.42 bits per heavy atom. The Balaban J connectivity index is 2.86. The van der Waals surface area contributed by atoms with Crippen molar-refractivity contribution in [2.45, 2.75) is 51.9 Å².